The number of methoxy groups -OCH3 is 1. The van der Waals surface area contributed by atoms with Gasteiger partial charge in [-0.25, -0.2) is 4.79 Å². The maximum Gasteiger partial charge on any atom is 0.399 e. The van der Waals surface area contributed by atoms with E-state index in [2.05, 4.69) is 4.74 Å². The number of alkyl halides is 3. The largest absolute Gasteiger partial charge is 0.465 e. The van der Waals surface area contributed by atoms with Gasteiger partial charge in [0.05, 0.1) is 18.6 Å². The van der Waals surface area contributed by atoms with Gasteiger partial charge >= 0.3 is 12.1 Å². The number of halogens is 3. The van der Waals surface area contributed by atoms with Gasteiger partial charge in [-0.1, -0.05) is 19.4 Å². The highest BCUT2D eigenvalue weighted by molar-refractivity contribution is 5.94. The molecule has 2 N–H and O–H groups in total. The SMILES string of the molecule is CCCC=C1C=C(C(=O)OC)C(N)=CC1C(F)(F)F. The fourth-order valence-corrected chi connectivity index (χ4v) is 1.77. The summed E-state index contributed by atoms with van der Waals surface area (Å²) in [6.45, 7) is 1.86. The van der Waals surface area contributed by atoms with Gasteiger partial charge in [0, 0.05) is 5.70 Å². The summed E-state index contributed by atoms with van der Waals surface area (Å²) in [5, 5.41) is 0. The zero-order valence-electron chi connectivity index (χ0n) is 10.8. The van der Waals surface area contributed by atoms with Gasteiger partial charge in [0.25, 0.3) is 0 Å². The molecular formula is C13H16F3NO2. The number of nitrogens with two attached hydrogens (primary N) is 1. The molecule has 0 spiro atoms. The number of hydrogen-bond acceptors (Lipinski definition) is 3. The number of unbranched alkanes of at least 4 members (excludes halogenated alkanes) is 1. The van der Waals surface area contributed by atoms with Crippen molar-refractivity contribution < 1.29 is 22.7 Å². The summed E-state index contributed by atoms with van der Waals surface area (Å²) in [6, 6.07) is 0. The van der Waals surface area contributed by atoms with Crippen molar-refractivity contribution in [1.82, 2.24) is 0 Å². The maximum absolute atomic E-state index is 12.9. The standard InChI is InChI=1S/C13H16F3NO2/c1-3-4-5-8-6-9(12(18)19-2)11(17)7-10(8)13(14,15)16/h5-7,10H,3-4,17H2,1-2H3. The number of rotatable bonds is 3. The Morgan fingerprint density at radius 2 is 2.16 bits per heavy atom. The predicted octanol–water partition coefficient (Wildman–Crippen LogP) is 2.85. The molecule has 1 unspecified atom stereocenters. The van der Waals surface area contributed by atoms with Crippen molar-refractivity contribution >= 4 is 5.97 Å². The molecule has 0 amide bonds. The molecule has 0 radical (unpaired) electrons. The summed E-state index contributed by atoms with van der Waals surface area (Å²) >= 11 is 0. The van der Waals surface area contributed by atoms with Crippen LogP contribution in [0.15, 0.2) is 35.1 Å². The number of allylic oxidation sites excluding steroid dienone is 4. The predicted molar refractivity (Wildman–Crippen MR) is 64.9 cm³/mol. The van der Waals surface area contributed by atoms with E-state index in [4.69, 9.17) is 5.73 Å². The summed E-state index contributed by atoms with van der Waals surface area (Å²) < 4.78 is 43.2. The van der Waals surface area contributed by atoms with Crippen LogP contribution in [-0.2, 0) is 9.53 Å². The van der Waals surface area contributed by atoms with Gasteiger partial charge in [0.15, 0.2) is 0 Å². The van der Waals surface area contributed by atoms with Crippen LogP contribution in [0.5, 0.6) is 0 Å². The lowest BCUT2D eigenvalue weighted by atomic mass is 9.88. The van der Waals surface area contributed by atoms with Crippen LogP contribution in [0.2, 0.25) is 0 Å². The topological polar surface area (TPSA) is 52.3 Å². The molecule has 0 heterocycles. The molecular weight excluding hydrogens is 259 g/mol. The molecule has 1 rings (SSSR count). The maximum atomic E-state index is 12.9. The molecule has 3 nitrogen and oxygen atoms in total. The van der Waals surface area contributed by atoms with E-state index >= 15 is 0 Å². The Kier molecular flexibility index (Phi) is 4.80. The first-order chi connectivity index (χ1) is 8.81. The van der Waals surface area contributed by atoms with Crippen molar-refractivity contribution in [2.24, 2.45) is 11.7 Å². The Labute approximate surface area is 109 Å². The van der Waals surface area contributed by atoms with Crippen molar-refractivity contribution in [3.63, 3.8) is 0 Å². The Hall–Kier alpha value is -1.72. The summed E-state index contributed by atoms with van der Waals surface area (Å²) in [4.78, 5) is 11.4. The lowest BCUT2D eigenvalue weighted by molar-refractivity contribution is -0.151. The van der Waals surface area contributed by atoms with E-state index in [9.17, 15) is 18.0 Å². The monoisotopic (exact) mass is 275 g/mol. The minimum Gasteiger partial charge on any atom is -0.465 e. The first kappa shape index (κ1) is 15.3. The lowest BCUT2D eigenvalue weighted by Crippen LogP contribution is -2.28. The van der Waals surface area contributed by atoms with Crippen LogP contribution in [0, 0.1) is 5.92 Å². The molecule has 0 aliphatic heterocycles. The second-order valence-corrected chi connectivity index (χ2v) is 4.18. The molecule has 19 heavy (non-hydrogen) atoms. The zero-order valence-corrected chi connectivity index (χ0v) is 10.8. The van der Waals surface area contributed by atoms with E-state index in [0.29, 0.717) is 12.8 Å². The number of esters is 1. The summed E-state index contributed by atoms with van der Waals surface area (Å²) in [7, 11) is 1.15. The summed E-state index contributed by atoms with van der Waals surface area (Å²) in [5.41, 5.74) is 5.29. The Morgan fingerprint density at radius 3 is 2.63 bits per heavy atom. The molecule has 1 aliphatic rings. The van der Waals surface area contributed by atoms with E-state index in [0.717, 1.165) is 19.3 Å². The molecule has 0 saturated carbocycles. The average molecular weight is 275 g/mol. The lowest BCUT2D eigenvalue weighted by Gasteiger charge is -2.24. The molecule has 0 saturated heterocycles. The van der Waals surface area contributed by atoms with Crippen LogP contribution in [0.3, 0.4) is 0 Å². The first-order valence-corrected chi connectivity index (χ1v) is 5.85. The molecule has 6 heteroatoms. The number of carbonyl (C=O) groups is 1. The Balaban J connectivity index is 3.20. The zero-order chi connectivity index (χ0) is 14.6. The Morgan fingerprint density at radius 1 is 1.53 bits per heavy atom. The molecule has 106 valence electrons. The molecule has 0 aromatic heterocycles. The minimum absolute atomic E-state index is 0.0314. The third-order valence-corrected chi connectivity index (χ3v) is 2.75. The van der Waals surface area contributed by atoms with E-state index in [1.807, 2.05) is 6.92 Å². The van der Waals surface area contributed by atoms with Gasteiger partial charge in [-0.05, 0) is 24.1 Å². The van der Waals surface area contributed by atoms with Crippen LogP contribution < -0.4 is 5.73 Å². The first-order valence-electron chi connectivity index (χ1n) is 5.85. The normalized spacial score (nSPS) is 21.9. The molecule has 0 fully saturated rings. The summed E-state index contributed by atoms with van der Waals surface area (Å²) in [6.07, 6.45) is 0.282. The average Bonchev–Trinajstić information content (AvgIpc) is 2.34. The number of hydrogen-bond donors (Lipinski definition) is 1. The summed E-state index contributed by atoms with van der Waals surface area (Å²) in [5.74, 6) is -2.51. The minimum atomic E-state index is -4.43. The molecule has 0 aromatic carbocycles. The van der Waals surface area contributed by atoms with Crippen molar-refractivity contribution in [3.05, 3.63) is 35.1 Å². The van der Waals surface area contributed by atoms with Crippen LogP contribution in [0.25, 0.3) is 0 Å². The highest BCUT2D eigenvalue weighted by Gasteiger charge is 2.42. The van der Waals surface area contributed by atoms with E-state index < -0.39 is 18.1 Å². The van der Waals surface area contributed by atoms with Crippen LogP contribution in [0.1, 0.15) is 19.8 Å². The third-order valence-electron chi connectivity index (χ3n) is 2.75. The molecule has 0 aromatic rings. The Bertz CT molecular complexity index is 447. The highest BCUT2D eigenvalue weighted by atomic mass is 19.4. The van der Waals surface area contributed by atoms with Crippen molar-refractivity contribution in [2.75, 3.05) is 7.11 Å². The van der Waals surface area contributed by atoms with E-state index in [-0.39, 0.29) is 16.8 Å². The van der Waals surface area contributed by atoms with Crippen LogP contribution >= 0.6 is 0 Å². The number of ether oxygens (including phenoxy) is 1. The van der Waals surface area contributed by atoms with E-state index in [1.54, 1.807) is 0 Å². The van der Waals surface area contributed by atoms with E-state index in [1.165, 1.54) is 6.08 Å². The fourth-order valence-electron chi connectivity index (χ4n) is 1.77. The molecule has 0 bridgehead atoms. The second kappa shape index (κ2) is 5.95. The second-order valence-electron chi connectivity index (χ2n) is 4.18. The molecule has 1 aliphatic carbocycles. The van der Waals surface area contributed by atoms with Crippen molar-refractivity contribution in [1.29, 1.82) is 0 Å². The third kappa shape index (κ3) is 3.62. The van der Waals surface area contributed by atoms with Gasteiger partial charge in [-0.2, -0.15) is 13.2 Å². The van der Waals surface area contributed by atoms with Crippen molar-refractivity contribution in [3.8, 4) is 0 Å². The quantitative estimate of drug-likeness (QED) is 0.806. The van der Waals surface area contributed by atoms with Gasteiger partial charge in [0.1, 0.15) is 0 Å². The van der Waals surface area contributed by atoms with Crippen LogP contribution in [0.4, 0.5) is 13.2 Å². The van der Waals surface area contributed by atoms with Gasteiger partial charge < -0.3 is 10.5 Å². The van der Waals surface area contributed by atoms with Crippen molar-refractivity contribution in [2.45, 2.75) is 25.9 Å². The van der Waals surface area contributed by atoms with Crippen LogP contribution in [-0.4, -0.2) is 19.3 Å². The highest BCUT2D eigenvalue weighted by Crippen LogP contribution is 2.38. The van der Waals surface area contributed by atoms with Gasteiger partial charge in [-0.3, -0.25) is 0 Å². The molecule has 1 atom stereocenters. The van der Waals surface area contributed by atoms with Gasteiger partial charge in [-0.15, -0.1) is 0 Å². The van der Waals surface area contributed by atoms with Gasteiger partial charge in [0.2, 0.25) is 0 Å². The smallest absolute Gasteiger partial charge is 0.399 e. The fraction of sp³-hybridized carbons (Fsp3) is 0.462. The number of carbonyl (C=O) groups excluding carboxylic acids is 1.